The van der Waals surface area contributed by atoms with Gasteiger partial charge in [-0.3, -0.25) is 4.68 Å². The Kier molecular flexibility index (Phi) is 5.22. The molecule has 108 valence electrons. The summed E-state index contributed by atoms with van der Waals surface area (Å²) >= 11 is 0. The van der Waals surface area contributed by atoms with Crippen LogP contribution in [0, 0.1) is 0 Å². The summed E-state index contributed by atoms with van der Waals surface area (Å²) in [7, 11) is 1.71. The van der Waals surface area contributed by atoms with Gasteiger partial charge in [-0.1, -0.05) is 0 Å². The minimum absolute atomic E-state index is 0.579. The molecule has 5 nitrogen and oxygen atoms in total. The molecule has 0 aliphatic carbocycles. The molecule has 1 fully saturated rings. The average molecular weight is 266 g/mol. The Morgan fingerprint density at radius 1 is 1.42 bits per heavy atom. The van der Waals surface area contributed by atoms with Crippen LogP contribution in [0.4, 0.5) is 5.69 Å². The molecule has 0 unspecified atom stereocenters. The minimum atomic E-state index is 0.579. The lowest BCUT2D eigenvalue weighted by atomic mass is 10.0. The van der Waals surface area contributed by atoms with Crippen LogP contribution in [0.2, 0.25) is 0 Å². The molecule has 1 N–H and O–H groups in total. The van der Waals surface area contributed by atoms with Crippen molar-refractivity contribution in [1.29, 1.82) is 0 Å². The predicted molar refractivity (Wildman–Crippen MR) is 77.5 cm³/mol. The van der Waals surface area contributed by atoms with Crippen LogP contribution in [0.15, 0.2) is 12.4 Å². The van der Waals surface area contributed by atoms with Crippen molar-refractivity contribution in [2.24, 2.45) is 0 Å². The zero-order chi connectivity index (χ0) is 13.7. The van der Waals surface area contributed by atoms with Crippen molar-refractivity contribution in [3.05, 3.63) is 12.4 Å². The molecule has 2 heterocycles. The second kappa shape index (κ2) is 6.91. The highest BCUT2D eigenvalue weighted by Gasteiger charge is 2.20. The second-order valence-electron chi connectivity index (χ2n) is 5.53. The van der Waals surface area contributed by atoms with Gasteiger partial charge in [0.25, 0.3) is 0 Å². The van der Waals surface area contributed by atoms with E-state index in [0.717, 1.165) is 12.2 Å². The van der Waals surface area contributed by atoms with Crippen LogP contribution in [0.5, 0.6) is 0 Å². The van der Waals surface area contributed by atoms with Crippen LogP contribution in [-0.4, -0.2) is 53.6 Å². The van der Waals surface area contributed by atoms with Gasteiger partial charge in [0, 0.05) is 38.5 Å². The maximum atomic E-state index is 5.05. The maximum Gasteiger partial charge on any atom is 0.0728 e. The van der Waals surface area contributed by atoms with E-state index in [-0.39, 0.29) is 0 Å². The second-order valence-corrected chi connectivity index (χ2v) is 5.53. The van der Waals surface area contributed by atoms with Crippen molar-refractivity contribution in [2.45, 2.75) is 45.3 Å². The summed E-state index contributed by atoms with van der Waals surface area (Å²) in [6.45, 7) is 8.43. The molecule has 0 aromatic carbocycles. The fourth-order valence-corrected chi connectivity index (χ4v) is 2.54. The van der Waals surface area contributed by atoms with Crippen molar-refractivity contribution >= 4 is 5.69 Å². The van der Waals surface area contributed by atoms with Crippen molar-refractivity contribution in [1.82, 2.24) is 14.7 Å². The zero-order valence-corrected chi connectivity index (χ0v) is 12.3. The van der Waals surface area contributed by atoms with Crippen LogP contribution >= 0.6 is 0 Å². The van der Waals surface area contributed by atoms with Gasteiger partial charge >= 0.3 is 0 Å². The fraction of sp³-hybridized carbons (Fsp3) is 0.786. The van der Waals surface area contributed by atoms with Gasteiger partial charge < -0.3 is 15.0 Å². The Hall–Kier alpha value is -1.07. The van der Waals surface area contributed by atoms with E-state index >= 15 is 0 Å². The first kappa shape index (κ1) is 14.3. The zero-order valence-electron chi connectivity index (χ0n) is 12.3. The number of nitrogens with one attached hydrogen (secondary N) is 1. The molecule has 5 heteroatoms. The maximum absolute atomic E-state index is 5.05. The molecule has 0 amide bonds. The average Bonchev–Trinajstić information content (AvgIpc) is 2.84. The number of aromatic nitrogens is 2. The van der Waals surface area contributed by atoms with Gasteiger partial charge in [0.2, 0.25) is 0 Å². The van der Waals surface area contributed by atoms with Crippen LogP contribution in [-0.2, 0) is 11.3 Å². The standard InChI is InChI=1S/C14H26N4O/c1-12(2)17-6-4-13(5-7-17)16-14-10-15-18(11-14)8-9-19-3/h10-13,16H,4-9H2,1-3H3. The quantitative estimate of drug-likeness (QED) is 0.853. The molecular formula is C14H26N4O. The fourth-order valence-electron chi connectivity index (χ4n) is 2.54. The van der Waals surface area contributed by atoms with Crippen molar-refractivity contribution in [2.75, 3.05) is 32.1 Å². The highest BCUT2D eigenvalue weighted by atomic mass is 16.5. The number of hydrogen-bond acceptors (Lipinski definition) is 4. The number of nitrogens with zero attached hydrogens (tertiary/aromatic N) is 3. The summed E-state index contributed by atoms with van der Waals surface area (Å²) in [5.41, 5.74) is 1.12. The number of anilines is 1. The van der Waals surface area contributed by atoms with E-state index in [1.54, 1.807) is 7.11 Å². The van der Waals surface area contributed by atoms with Crippen LogP contribution in [0.1, 0.15) is 26.7 Å². The normalized spacial score (nSPS) is 18.1. The molecule has 1 aliphatic rings. The third-order valence-electron chi connectivity index (χ3n) is 3.79. The van der Waals surface area contributed by atoms with Gasteiger partial charge in [-0.15, -0.1) is 0 Å². The summed E-state index contributed by atoms with van der Waals surface area (Å²) in [6.07, 6.45) is 6.39. The molecule has 1 aliphatic heterocycles. The first-order valence-corrected chi connectivity index (χ1v) is 7.21. The lowest BCUT2D eigenvalue weighted by Crippen LogP contribution is -2.42. The van der Waals surface area contributed by atoms with Gasteiger partial charge in [-0.2, -0.15) is 5.10 Å². The van der Waals surface area contributed by atoms with E-state index in [9.17, 15) is 0 Å². The molecule has 2 rings (SSSR count). The molecule has 1 saturated heterocycles. The number of ether oxygens (including phenoxy) is 1. The number of hydrogen-bond donors (Lipinski definition) is 1. The highest BCUT2D eigenvalue weighted by molar-refractivity contribution is 5.39. The lowest BCUT2D eigenvalue weighted by molar-refractivity contribution is 0.177. The first-order valence-electron chi connectivity index (χ1n) is 7.21. The third-order valence-corrected chi connectivity index (χ3v) is 3.79. The van der Waals surface area contributed by atoms with E-state index in [4.69, 9.17) is 4.74 Å². The van der Waals surface area contributed by atoms with Crippen molar-refractivity contribution in [3.8, 4) is 0 Å². The third kappa shape index (κ3) is 4.21. The van der Waals surface area contributed by atoms with Gasteiger partial charge in [0.1, 0.15) is 0 Å². The minimum Gasteiger partial charge on any atom is -0.383 e. The van der Waals surface area contributed by atoms with E-state index in [1.807, 2.05) is 10.9 Å². The molecule has 19 heavy (non-hydrogen) atoms. The molecule has 0 spiro atoms. The molecule has 0 atom stereocenters. The van der Waals surface area contributed by atoms with Gasteiger partial charge in [-0.05, 0) is 26.7 Å². The summed E-state index contributed by atoms with van der Waals surface area (Å²) in [4.78, 5) is 2.54. The Morgan fingerprint density at radius 3 is 2.79 bits per heavy atom. The smallest absolute Gasteiger partial charge is 0.0728 e. The number of methoxy groups -OCH3 is 1. The molecule has 0 saturated carbocycles. The van der Waals surface area contributed by atoms with Crippen LogP contribution < -0.4 is 5.32 Å². The summed E-state index contributed by atoms with van der Waals surface area (Å²) < 4.78 is 6.98. The summed E-state index contributed by atoms with van der Waals surface area (Å²) in [6, 6.07) is 1.24. The topological polar surface area (TPSA) is 42.3 Å². The highest BCUT2D eigenvalue weighted by Crippen LogP contribution is 2.17. The molecule has 1 aromatic heterocycles. The predicted octanol–water partition coefficient (Wildman–Crippen LogP) is 1.81. The first-order chi connectivity index (χ1) is 9.19. The van der Waals surface area contributed by atoms with E-state index in [2.05, 4.69) is 35.4 Å². The van der Waals surface area contributed by atoms with Crippen molar-refractivity contribution in [3.63, 3.8) is 0 Å². The summed E-state index contributed by atoms with van der Waals surface area (Å²) in [5, 5.41) is 7.91. The van der Waals surface area contributed by atoms with E-state index < -0.39 is 0 Å². The Morgan fingerprint density at radius 2 is 2.16 bits per heavy atom. The van der Waals surface area contributed by atoms with Crippen LogP contribution in [0.3, 0.4) is 0 Å². The SMILES string of the molecule is COCCn1cc(NC2CCN(C(C)C)CC2)cn1. The Labute approximate surface area is 115 Å². The molecule has 1 aromatic rings. The molecule has 0 bridgehead atoms. The number of likely N-dealkylation sites (tertiary alicyclic amines) is 1. The Balaban J connectivity index is 1.77. The van der Waals surface area contributed by atoms with E-state index in [0.29, 0.717) is 18.7 Å². The number of piperidine rings is 1. The van der Waals surface area contributed by atoms with E-state index in [1.165, 1.54) is 25.9 Å². The summed E-state index contributed by atoms with van der Waals surface area (Å²) in [5.74, 6) is 0. The molecule has 0 radical (unpaired) electrons. The van der Waals surface area contributed by atoms with Gasteiger partial charge in [0.05, 0.1) is 25.0 Å². The molecular weight excluding hydrogens is 240 g/mol. The lowest BCUT2D eigenvalue weighted by Gasteiger charge is -2.35. The Bertz CT molecular complexity index is 369. The van der Waals surface area contributed by atoms with Crippen LogP contribution in [0.25, 0.3) is 0 Å². The van der Waals surface area contributed by atoms with Gasteiger partial charge in [0.15, 0.2) is 0 Å². The monoisotopic (exact) mass is 266 g/mol. The largest absolute Gasteiger partial charge is 0.383 e. The van der Waals surface area contributed by atoms with Gasteiger partial charge in [-0.25, -0.2) is 0 Å². The number of rotatable bonds is 6. The van der Waals surface area contributed by atoms with Crippen molar-refractivity contribution < 1.29 is 4.74 Å².